The van der Waals surface area contributed by atoms with Crippen LogP contribution in [0.3, 0.4) is 0 Å². The average molecular weight is 266 g/mol. The van der Waals surface area contributed by atoms with Gasteiger partial charge >= 0.3 is 0 Å². The van der Waals surface area contributed by atoms with E-state index in [-0.39, 0.29) is 0 Å². The van der Waals surface area contributed by atoms with Crippen LogP contribution in [0.2, 0.25) is 0 Å². The fraction of sp³-hybridized carbons (Fsp3) is 0.571. The van der Waals surface area contributed by atoms with Crippen LogP contribution in [0.1, 0.15) is 24.8 Å². The van der Waals surface area contributed by atoms with E-state index in [1.807, 2.05) is 12.1 Å². The predicted molar refractivity (Wildman–Crippen MR) is 74.6 cm³/mol. The second-order valence-corrected chi connectivity index (χ2v) is 4.69. The molecule has 1 aliphatic heterocycles. The number of ether oxygens (including phenoxy) is 2. The van der Waals surface area contributed by atoms with Gasteiger partial charge in [0.2, 0.25) is 0 Å². The average Bonchev–Trinajstić information content (AvgIpc) is 2.48. The maximum Gasteiger partial charge on any atom is 0.142 e. The highest BCUT2D eigenvalue weighted by atomic mass is 16.6. The molecule has 0 unspecified atom stereocenters. The number of rotatable bonds is 5. The van der Waals surface area contributed by atoms with Crippen molar-refractivity contribution >= 4 is 5.69 Å². The second-order valence-electron chi connectivity index (χ2n) is 4.69. The monoisotopic (exact) mass is 266 g/mol. The zero-order valence-corrected chi connectivity index (χ0v) is 11.6. The highest BCUT2D eigenvalue weighted by molar-refractivity contribution is 5.64. The smallest absolute Gasteiger partial charge is 0.142 e. The van der Waals surface area contributed by atoms with E-state index in [1.54, 1.807) is 14.2 Å². The summed E-state index contributed by atoms with van der Waals surface area (Å²) in [4.78, 5) is 7.05. The summed E-state index contributed by atoms with van der Waals surface area (Å²) in [6, 6.07) is 3.95. The molecule has 19 heavy (non-hydrogen) atoms. The van der Waals surface area contributed by atoms with Crippen LogP contribution in [0.5, 0.6) is 11.5 Å². The van der Waals surface area contributed by atoms with Crippen LogP contribution in [0, 0.1) is 0 Å². The van der Waals surface area contributed by atoms with Crippen LogP contribution in [0.15, 0.2) is 12.1 Å². The van der Waals surface area contributed by atoms with E-state index < -0.39 is 0 Å². The number of nitrogens with two attached hydrogens (primary N) is 1. The molecule has 0 radical (unpaired) electrons. The highest BCUT2D eigenvalue weighted by Crippen LogP contribution is 2.36. The molecule has 0 amide bonds. The third-order valence-corrected chi connectivity index (χ3v) is 3.52. The SMILES string of the molecule is COc1cc(N2CCCCC2)c(OC)cc1CON. The summed E-state index contributed by atoms with van der Waals surface area (Å²) >= 11 is 0. The van der Waals surface area contributed by atoms with Gasteiger partial charge in [-0.05, 0) is 25.3 Å². The van der Waals surface area contributed by atoms with Crippen molar-refractivity contribution in [2.75, 3.05) is 32.2 Å². The number of methoxy groups -OCH3 is 2. The third kappa shape index (κ3) is 3.11. The molecule has 0 aromatic heterocycles. The summed E-state index contributed by atoms with van der Waals surface area (Å²) in [7, 11) is 3.34. The van der Waals surface area contributed by atoms with E-state index in [0.717, 1.165) is 35.8 Å². The highest BCUT2D eigenvalue weighted by Gasteiger charge is 2.18. The van der Waals surface area contributed by atoms with Crippen molar-refractivity contribution in [3.63, 3.8) is 0 Å². The fourth-order valence-corrected chi connectivity index (χ4v) is 2.53. The summed E-state index contributed by atoms with van der Waals surface area (Å²) in [6.07, 6.45) is 3.74. The molecule has 0 aliphatic carbocycles. The Morgan fingerprint density at radius 3 is 2.32 bits per heavy atom. The largest absolute Gasteiger partial charge is 0.496 e. The van der Waals surface area contributed by atoms with Crippen molar-refractivity contribution in [3.8, 4) is 11.5 Å². The van der Waals surface area contributed by atoms with Gasteiger partial charge in [-0.1, -0.05) is 0 Å². The molecule has 5 nitrogen and oxygen atoms in total. The maximum absolute atomic E-state index is 5.49. The van der Waals surface area contributed by atoms with Crippen molar-refractivity contribution in [2.24, 2.45) is 5.90 Å². The molecular weight excluding hydrogens is 244 g/mol. The van der Waals surface area contributed by atoms with Gasteiger partial charge < -0.3 is 14.4 Å². The molecule has 1 heterocycles. The van der Waals surface area contributed by atoms with Crippen LogP contribution in [-0.4, -0.2) is 27.3 Å². The van der Waals surface area contributed by atoms with Crippen molar-refractivity contribution in [2.45, 2.75) is 25.9 Å². The summed E-state index contributed by atoms with van der Waals surface area (Å²) in [5.41, 5.74) is 1.97. The number of hydrogen-bond donors (Lipinski definition) is 1. The topological polar surface area (TPSA) is 57.0 Å². The molecule has 0 atom stereocenters. The first-order chi connectivity index (χ1) is 9.30. The molecule has 2 N–H and O–H groups in total. The zero-order chi connectivity index (χ0) is 13.7. The standard InChI is InChI=1S/C14H22N2O3/c1-17-13-9-12(16-6-4-3-5-7-16)14(18-2)8-11(13)10-19-15/h8-9H,3-7,10,15H2,1-2H3. The van der Waals surface area contributed by atoms with Gasteiger partial charge in [0.05, 0.1) is 26.5 Å². The molecule has 1 fully saturated rings. The van der Waals surface area contributed by atoms with E-state index >= 15 is 0 Å². The number of anilines is 1. The summed E-state index contributed by atoms with van der Waals surface area (Å²) < 4.78 is 10.9. The van der Waals surface area contributed by atoms with E-state index in [0.29, 0.717) is 6.61 Å². The molecule has 5 heteroatoms. The van der Waals surface area contributed by atoms with Gasteiger partial charge in [0.15, 0.2) is 0 Å². The van der Waals surface area contributed by atoms with E-state index in [4.69, 9.17) is 20.2 Å². The Hall–Kier alpha value is -1.46. The van der Waals surface area contributed by atoms with Gasteiger partial charge in [-0.3, -0.25) is 4.84 Å². The third-order valence-electron chi connectivity index (χ3n) is 3.52. The van der Waals surface area contributed by atoms with Gasteiger partial charge in [0, 0.05) is 24.7 Å². The lowest BCUT2D eigenvalue weighted by molar-refractivity contribution is 0.122. The molecule has 1 aliphatic rings. The Morgan fingerprint density at radius 1 is 1.05 bits per heavy atom. The Labute approximate surface area is 114 Å². The lowest BCUT2D eigenvalue weighted by atomic mass is 10.1. The van der Waals surface area contributed by atoms with Crippen molar-refractivity contribution in [1.29, 1.82) is 0 Å². The van der Waals surface area contributed by atoms with Gasteiger partial charge in [0.1, 0.15) is 11.5 Å². The molecule has 0 saturated carbocycles. The van der Waals surface area contributed by atoms with Gasteiger partial charge in [-0.25, -0.2) is 5.90 Å². The molecule has 1 aromatic rings. The Kier molecular flexibility index (Phi) is 4.87. The van der Waals surface area contributed by atoms with Crippen LogP contribution < -0.4 is 20.3 Å². The van der Waals surface area contributed by atoms with Gasteiger partial charge in [-0.2, -0.15) is 0 Å². The predicted octanol–water partition coefficient (Wildman–Crippen LogP) is 2.08. The quantitative estimate of drug-likeness (QED) is 0.827. The molecule has 1 saturated heterocycles. The van der Waals surface area contributed by atoms with Crippen LogP contribution in [0.4, 0.5) is 5.69 Å². The van der Waals surface area contributed by atoms with E-state index in [2.05, 4.69) is 4.90 Å². The van der Waals surface area contributed by atoms with Crippen LogP contribution >= 0.6 is 0 Å². The normalized spacial score (nSPS) is 15.4. The molecule has 0 bridgehead atoms. The van der Waals surface area contributed by atoms with Crippen molar-refractivity contribution < 1.29 is 14.3 Å². The van der Waals surface area contributed by atoms with E-state index in [9.17, 15) is 0 Å². The minimum Gasteiger partial charge on any atom is -0.496 e. The number of piperidine rings is 1. The van der Waals surface area contributed by atoms with Gasteiger partial charge in [-0.15, -0.1) is 0 Å². The summed E-state index contributed by atoms with van der Waals surface area (Å²) in [6.45, 7) is 2.43. The first-order valence-corrected chi connectivity index (χ1v) is 6.61. The van der Waals surface area contributed by atoms with Crippen LogP contribution in [-0.2, 0) is 11.4 Å². The maximum atomic E-state index is 5.49. The molecule has 2 rings (SSSR count). The van der Waals surface area contributed by atoms with Crippen molar-refractivity contribution in [1.82, 2.24) is 0 Å². The number of benzene rings is 1. The van der Waals surface area contributed by atoms with Crippen LogP contribution in [0.25, 0.3) is 0 Å². The zero-order valence-electron chi connectivity index (χ0n) is 11.6. The Balaban J connectivity index is 2.35. The summed E-state index contributed by atoms with van der Waals surface area (Å²) in [5.74, 6) is 6.78. The fourth-order valence-electron chi connectivity index (χ4n) is 2.53. The first kappa shape index (κ1) is 14.0. The minimum absolute atomic E-state index is 0.305. The first-order valence-electron chi connectivity index (χ1n) is 6.61. The summed E-state index contributed by atoms with van der Waals surface area (Å²) in [5, 5.41) is 0. The lowest BCUT2D eigenvalue weighted by Gasteiger charge is -2.30. The lowest BCUT2D eigenvalue weighted by Crippen LogP contribution is -2.29. The minimum atomic E-state index is 0.305. The Bertz CT molecular complexity index is 417. The van der Waals surface area contributed by atoms with Crippen molar-refractivity contribution in [3.05, 3.63) is 17.7 Å². The number of hydrogen-bond acceptors (Lipinski definition) is 5. The second kappa shape index (κ2) is 6.63. The molecule has 0 spiro atoms. The molecule has 106 valence electrons. The van der Waals surface area contributed by atoms with E-state index in [1.165, 1.54) is 19.3 Å². The Morgan fingerprint density at radius 2 is 1.74 bits per heavy atom. The van der Waals surface area contributed by atoms with Gasteiger partial charge in [0.25, 0.3) is 0 Å². The number of nitrogens with zero attached hydrogens (tertiary/aromatic N) is 1. The molecule has 1 aromatic carbocycles. The molecular formula is C14H22N2O3.